The molecule has 0 spiro atoms. The van der Waals surface area contributed by atoms with E-state index < -0.39 is 5.82 Å². The minimum Gasteiger partial charge on any atom is -0.493 e. The highest BCUT2D eigenvalue weighted by molar-refractivity contribution is 7.13. The molecule has 5 nitrogen and oxygen atoms in total. The number of hydrazone groups is 1. The molecule has 0 saturated carbocycles. The molecule has 0 fully saturated rings. The van der Waals surface area contributed by atoms with Crippen LogP contribution in [0.4, 0.5) is 9.52 Å². The number of nitrogens with one attached hydrogen (secondary N) is 1. The number of nitrogens with zero attached hydrogens (tertiary/aromatic N) is 2. The van der Waals surface area contributed by atoms with Gasteiger partial charge in [0.25, 0.3) is 0 Å². The predicted molar refractivity (Wildman–Crippen MR) is 107 cm³/mol. The highest BCUT2D eigenvalue weighted by atomic mass is 35.5. The average molecular weight is 406 g/mol. The van der Waals surface area contributed by atoms with Gasteiger partial charge >= 0.3 is 0 Å². The number of anilines is 1. The van der Waals surface area contributed by atoms with Gasteiger partial charge in [-0.15, -0.1) is 11.3 Å². The van der Waals surface area contributed by atoms with Crippen molar-refractivity contribution < 1.29 is 13.9 Å². The molecule has 1 aromatic heterocycles. The highest BCUT2D eigenvalue weighted by Crippen LogP contribution is 2.31. The van der Waals surface area contributed by atoms with E-state index in [-0.39, 0.29) is 6.61 Å². The molecule has 0 aliphatic heterocycles. The number of benzene rings is 2. The molecule has 0 aliphatic carbocycles. The zero-order valence-electron chi connectivity index (χ0n) is 14.7. The maximum absolute atomic E-state index is 13.2. The van der Waals surface area contributed by atoms with Crippen molar-refractivity contribution in [3.63, 3.8) is 0 Å². The number of halogens is 2. The second kappa shape index (κ2) is 8.83. The van der Waals surface area contributed by atoms with Gasteiger partial charge in [-0.25, -0.2) is 9.37 Å². The van der Waals surface area contributed by atoms with Crippen molar-refractivity contribution in [2.24, 2.45) is 5.10 Å². The summed E-state index contributed by atoms with van der Waals surface area (Å²) in [4.78, 5) is 4.28. The number of hydrogen-bond acceptors (Lipinski definition) is 6. The second-order valence-electron chi connectivity index (χ2n) is 5.57. The first kappa shape index (κ1) is 19.1. The molecule has 8 heteroatoms. The average Bonchev–Trinajstić information content (AvgIpc) is 3.06. The maximum Gasteiger partial charge on any atom is 0.203 e. The van der Waals surface area contributed by atoms with Gasteiger partial charge in [0.1, 0.15) is 12.4 Å². The zero-order valence-corrected chi connectivity index (χ0v) is 16.3. The molecule has 0 aliphatic rings. The van der Waals surface area contributed by atoms with Crippen LogP contribution in [-0.2, 0) is 6.61 Å². The minimum absolute atomic E-state index is 0.166. The van der Waals surface area contributed by atoms with Gasteiger partial charge in [-0.3, -0.25) is 5.43 Å². The third-order valence-electron chi connectivity index (χ3n) is 3.60. The Balaban J connectivity index is 1.78. The van der Waals surface area contributed by atoms with Crippen LogP contribution in [0.3, 0.4) is 0 Å². The molecule has 0 radical (unpaired) electrons. The summed E-state index contributed by atoms with van der Waals surface area (Å²) < 4.78 is 24.5. The van der Waals surface area contributed by atoms with E-state index in [4.69, 9.17) is 21.1 Å². The summed E-state index contributed by atoms with van der Waals surface area (Å²) in [6.45, 7) is 2.08. The number of para-hydroxylation sites is 1. The molecule has 140 valence electrons. The molecule has 0 bridgehead atoms. The molecule has 0 saturated heterocycles. The van der Waals surface area contributed by atoms with Gasteiger partial charge in [-0.1, -0.05) is 23.7 Å². The summed E-state index contributed by atoms with van der Waals surface area (Å²) in [5, 5.41) is 7.15. The Bertz CT molecular complexity index is 962. The lowest BCUT2D eigenvalue weighted by atomic mass is 10.2. The van der Waals surface area contributed by atoms with E-state index in [9.17, 15) is 4.39 Å². The molecular weight excluding hydrogens is 389 g/mol. The molecule has 2 aromatic carbocycles. The quantitative estimate of drug-likeness (QED) is 0.429. The third kappa shape index (κ3) is 4.96. The molecule has 3 rings (SSSR count). The number of thiazole rings is 1. The Labute approximate surface area is 165 Å². The van der Waals surface area contributed by atoms with Gasteiger partial charge in [0.2, 0.25) is 5.13 Å². The van der Waals surface area contributed by atoms with Gasteiger partial charge in [0, 0.05) is 16.5 Å². The third-order valence-corrected chi connectivity index (χ3v) is 4.82. The van der Waals surface area contributed by atoms with Crippen molar-refractivity contribution in [1.82, 2.24) is 4.98 Å². The van der Waals surface area contributed by atoms with Crippen LogP contribution < -0.4 is 14.9 Å². The summed E-state index contributed by atoms with van der Waals surface area (Å²) in [7, 11) is 1.56. The van der Waals surface area contributed by atoms with Gasteiger partial charge in [0.05, 0.1) is 24.0 Å². The lowest BCUT2D eigenvalue weighted by molar-refractivity contribution is 0.284. The Morgan fingerprint density at radius 1 is 1.33 bits per heavy atom. The van der Waals surface area contributed by atoms with E-state index in [1.807, 2.05) is 24.4 Å². The van der Waals surface area contributed by atoms with Crippen LogP contribution in [0, 0.1) is 12.7 Å². The second-order valence-corrected chi connectivity index (χ2v) is 6.83. The highest BCUT2D eigenvalue weighted by Gasteiger charge is 2.11. The van der Waals surface area contributed by atoms with Gasteiger partial charge < -0.3 is 9.47 Å². The SMILES string of the molecule is COc1cccc(C=NNc2nc(C)cs2)c1OCc1ccc(F)cc1Cl. The summed E-state index contributed by atoms with van der Waals surface area (Å²) in [5.41, 5.74) is 5.20. The van der Waals surface area contributed by atoms with Crippen LogP contribution in [0.15, 0.2) is 46.9 Å². The topological polar surface area (TPSA) is 55.7 Å². The number of hydrogen-bond donors (Lipinski definition) is 1. The molecule has 1 heterocycles. The van der Waals surface area contributed by atoms with Crippen molar-refractivity contribution in [2.45, 2.75) is 13.5 Å². The van der Waals surface area contributed by atoms with E-state index in [1.165, 1.54) is 23.5 Å². The van der Waals surface area contributed by atoms with Crippen LogP contribution in [0.25, 0.3) is 0 Å². The van der Waals surface area contributed by atoms with Crippen LogP contribution >= 0.6 is 22.9 Å². The summed E-state index contributed by atoms with van der Waals surface area (Å²) in [6.07, 6.45) is 1.63. The Kier molecular flexibility index (Phi) is 6.26. The Morgan fingerprint density at radius 3 is 2.89 bits per heavy atom. The molecule has 0 atom stereocenters. The lowest BCUT2D eigenvalue weighted by Gasteiger charge is -2.14. The van der Waals surface area contributed by atoms with Crippen molar-refractivity contribution in [3.05, 3.63) is 69.4 Å². The number of methoxy groups -OCH3 is 1. The monoisotopic (exact) mass is 405 g/mol. The Morgan fingerprint density at radius 2 is 2.19 bits per heavy atom. The smallest absolute Gasteiger partial charge is 0.203 e. The number of aromatic nitrogens is 1. The van der Waals surface area contributed by atoms with Crippen LogP contribution in [-0.4, -0.2) is 18.3 Å². The summed E-state index contributed by atoms with van der Waals surface area (Å²) in [6, 6.07) is 9.66. The summed E-state index contributed by atoms with van der Waals surface area (Å²) >= 11 is 7.54. The van der Waals surface area contributed by atoms with E-state index >= 15 is 0 Å². The normalized spacial score (nSPS) is 11.0. The first-order chi connectivity index (χ1) is 13.1. The minimum atomic E-state index is -0.391. The Hall–Kier alpha value is -2.64. The molecular formula is C19H17ClFN3O2S. The van der Waals surface area contributed by atoms with E-state index in [2.05, 4.69) is 15.5 Å². The van der Waals surface area contributed by atoms with E-state index in [0.717, 1.165) is 5.69 Å². The summed E-state index contributed by atoms with van der Waals surface area (Å²) in [5.74, 6) is 0.681. The predicted octanol–water partition coefficient (Wildman–Crippen LogP) is 5.28. The number of rotatable bonds is 7. The fourth-order valence-electron chi connectivity index (χ4n) is 2.30. The molecule has 1 N–H and O–H groups in total. The molecule has 3 aromatic rings. The van der Waals surface area contributed by atoms with Crippen LogP contribution in [0.2, 0.25) is 5.02 Å². The standard InChI is InChI=1S/C19H17ClFN3O2S/c1-12-11-27-19(23-12)24-22-9-13-4-3-5-17(25-2)18(13)26-10-14-6-7-15(21)8-16(14)20/h3-9,11H,10H2,1-2H3,(H,23,24). The van der Waals surface area contributed by atoms with Crippen molar-refractivity contribution in [2.75, 3.05) is 12.5 Å². The number of ether oxygens (including phenoxy) is 2. The lowest BCUT2D eigenvalue weighted by Crippen LogP contribution is -2.02. The zero-order chi connectivity index (χ0) is 19.2. The van der Waals surface area contributed by atoms with Crippen molar-refractivity contribution in [3.8, 4) is 11.5 Å². The van der Waals surface area contributed by atoms with Crippen molar-refractivity contribution >= 4 is 34.3 Å². The van der Waals surface area contributed by atoms with Crippen molar-refractivity contribution in [1.29, 1.82) is 0 Å². The fourth-order valence-corrected chi connectivity index (χ4v) is 3.16. The molecule has 0 amide bonds. The fraction of sp³-hybridized carbons (Fsp3) is 0.158. The van der Waals surface area contributed by atoms with Gasteiger partial charge in [0.15, 0.2) is 11.5 Å². The first-order valence-electron chi connectivity index (χ1n) is 8.01. The molecule has 0 unspecified atom stereocenters. The number of aryl methyl sites for hydroxylation is 1. The first-order valence-corrected chi connectivity index (χ1v) is 9.27. The van der Waals surface area contributed by atoms with Gasteiger partial charge in [-0.05, 0) is 31.2 Å². The molecule has 27 heavy (non-hydrogen) atoms. The van der Waals surface area contributed by atoms with E-state index in [0.29, 0.717) is 32.8 Å². The van der Waals surface area contributed by atoms with Crippen LogP contribution in [0.1, 0.15) is 16.8 Å². The largest absolute Gasteiger partial charge is 0.493 e. The van der Waals surface area contributed by atoms with Gasteiger partial charge in [-0.2, -0.15) is 5.10 Å². The van der Waals surface area contributed by atoms with Crippen LogP contribution in [0.5, 0.6) is 11.5 Å². The van der Waals surface area contributed by atoms with E-state index in [1.54, 1.807) is 25.5 Å². The maximum atomic E-state index is 13.2.